The van der Waals surface area contributed by atoms with Crippen LogP contribution in [-0.2, 0) is 6.18 Å². The third-order valence-corrected chi connectivity index (χ3v) is 10.1. The summed E-state index contributed by atoms with van der Waals surface area (Å²) in [5.74, 6) is -0.0702. The standard InChI is InChI=1S/C30H42F3N5OS/c1-20(2)37-13-10-29(11-14-37)16-23(17-29)40-22-7-8-25(21(3)15-22)35-27-34-18-24(30(31,32)33)26(36-27)38-12-6-5-9-28(4,39)19-38/h7-8,15,18,20,23,39H,5-6,9-14,16-17,19H2,1-4H3,(H,34,35,36). The van der Waals surface area contributed by atoms with Crippen LogP contribution in [0.2, 0.25) is 0 Å². The fourth-order valence-corrected chi connectivity index (χ4v) is 8.16. The van der Waals surface area contributed by atoms with E-state index in [9.17, 15) is 18.3 Å². The number of aromatic nitrogens is 2. The summed E-state index contributed by atoms with van der Waals surface area (Å²) in [4.78, 5) is 13.7. The smallest absolute Gasteiger partial charge is 0.388 e. The topological polar surface area (TPSA) is 64.5 Å². The maximum Gasteiger partial charge on any atom is 0.421 e. The lowest BCUT2D eigenvalue weighted by molar-refractivity contribution is -0.137. The predicted molar refractivity (Wildman–Crippen MR) is 155 cm³/mol. The Hall–Kier alpha value is -2.04. The summed E-state index contributed by atoms with van der Waals surface area (Å²) in [6.07, 6.45) is 3.39. The van der Waals surface area contributed by atoms with Gasteiger partial charge in [0.05, 0.1) is 5.60 Å². The fraction of sp³-hybridized carbons (Fsp3) is 0.667. The Morgan fingerprint density at radius 2 is 1.82 bits per heavy atom. The highest BCUT2D eigenvalue weighted by molar-refractivity contribution is 8.00. The number of alkyl halides is 3. The van der Waals surface area contributed by atoms with Gasteiger partial charge in [0.1, 0.15) is 11.4 Å². The molecule has 10 heteroatoms. The van der Waals surface area contributed by atoms with Crippen molar-refractivity contribution in [3.05, 3.63) is 35.5 Å². The second-order valence-electron chi connectivity index (χ2n) is 12.7. The van der Waals surface area contributed by atoms with Gasteiger partial charge in [-0.15, -0.1) is 11.8 Å². The van der Waals surface area contributed by atoms with Crippen molar-refractivity contribution in [1.29, 1.82) is 0 Å². The van der Waals surface area contributed by atoms with Crippen LogP contribution in [0.3, 0.4) is 0 Å². The molecule has 2 aliphatic heterocycles. The lowest BCUT2D eigenvalue weighted by atomic mass is 9.63. The summed E-state index contributed by atoms with van der Waals surface area (Å²) < 4.78 is 41.6. The first-order chi connectivity index (χ1) is 18.8. The molecule has 6 nitrogen and oxygen atoms in total. The molecule has 2 saturated heterocycles. The van der Waals surface area contributed by atoms with Gasteiger partial charge >= 0.3 is 6.18 Å². The van der Waals surface area contributed by atoms with Gasteiger partial charge in [-0.3, -0.25) is 0 Å². The van der Waals surface area contributed by atoms with Gasteiger partial charge in [-0.25, -0.2) is 4.98 Å². The van der Waals surface area contributed by atoms with E-state index in [0.717, 1.165) is 23.9 Å². The van der Waals surface area contributed by atoms with E-state index < -0.39 is 17.3 Å². The third-order valence-electron chi connectivity index (χ3n) is 8.96. The monoisotopic (exact) mass is 577 g/mol. The number of rotatable bonds is 6. The predicted octanol–water partition coefficient (Wildman–Crippen LogP) is 7.03. The van der Waals surface area contributed by atoms with E-state index in [0.29, 0.717) is 36.1 Å². The van der Waals surface area contributed by atoms with E-state index in [4.69, 9.17) is 0 Å². The van der Waals surface area contributed by atoms with Crippen molar-refractivity contribution in [2.75, 3.05) is 36.4 Å². The zero-order valence-electron chi connectivity index (χ0n) is 24.0. The van der Waals surface area contributed by atoms with Crippen LogP contribution in [0.5, 0.6) is 0 Å². The minimum atomic E-state index is -4.59. The molecule has 1 spiro atoms. The van der Waals surface area contributed by atoms with Crippen molar-refractivity contribution in [3.63, 3.8) is 0 Å². The highest BCUT2D eigenvalue weighted by atomic mass is 32.2. The number of aliphatic hydroxyl groups is 1. The van der Waals surface area contributed by atoms with Crippen LogP contribution >= 0.6 is 11.8 Å². The van der Waals surface area contributed by atoms with Gasteiger partial charge in [-0.05, 0) is 115 Å². The van der Waals surface area contributed by atoms with E-state index >= 15 is 0 Å². The maximum atomic E-state index is 13.9. The zero-order chi connectivity index (χ0) is 28.7. The summed E-state index contributed by atoms with van der Waals surface area (Å²) in [5, 5.41) is 14.4. The van der Waals surface area contributed by atoms with Crippen molar-refractivity contribution in [3.8, 4) is 0 Å². The van der Waals surface area contributed by atoms with Crippen LogP contribution in [0.4, 0.5) is 30.6 Å². The average molecular weight is 578 g/mol. The molecular weight excluding hydrogens is 535 g/mol. The number of thioether (sulfide) groups is 1. The quantitative estimate of drug-likeness (QED) is 0.382. The lowest BCUT2D eigenvalue weighted by Gasteiger charge is -2.52. The molecule has 3 aliphatic rings. The fourth-order valence-electron chi connectivity index (χ4n) is 6.51. The molecule has 40 heavy (non-hydrogen) atoms. The number of aryl methyl sites for hydroxylation is 1. The van der Waals surface area contributed by atoms with Gasteiger partial charge in [0, 0.05) is 41.2 Å². The maximum absolute atomic E-state index is 13.9. The lowest BCUT2D eigenvalue weighted by Crippen LogP contribution is -2.49. The number of piperidine rings is 1. The number of nitrogens with one attached hydrogen (secondary N) is 1. The van der Waals surface area contributed by atoms with Gasteiger partial charge < -0.3 is 20.2 Å². The second kappa shape index (κ2) is 11.3. The number of β-amino-alcohol motifs (C(OH)–C–C–N with tert-alkyl or cyclic N) is 1. The van der Waals surface area contributed by atoms with Crippen molar-refractivity contribution >= 4 is 29.2 Å². The molecule has 0 bridgehead atoms. The number of benzene rings is 1. The second-order valence-corrected chi connectivity index (χ2v) is 14.1. The van der Waals surface area contributed by atoms with Crippen molar-refractivity contribution in [2.24, 2.45) is 5.41 Å². The molecule has 3 fully saturated rings. The van der Waals surface area contributed by atoms with E-state index in [1.54, 1.807) is 11.8 Å². The Morgan fingerprint density at radius 3 is 2.48 bits per heavy atom. The van der Waals surface area contributed by atoms with Crippen LogP contribution < -0.4 is 10.2 Å². The van der Waals surface area contributed by atoms with Crippen LogP contribution in [0.25, 0.3) is 0 Å². The number of hydrogen-bond acceptors (Lipinski definition) is 7. The van der Waals surface area contributed by atoms with Gasteiger partial charge in [0.2, 0.25) is 5.95 Å². The summed E-state index contributed by atoms with van der Waals surface area (Å²) in [7, 11) is 0. The van der Waals surface area contributed by atoms with E-state index in [2.05, 4.69) is 46.2 Å². The number of anilines is 3. The molecule has 1 unspecified atom stereocenters. The van der Waals surface area contributed by atoms with E-state index in [1.807, 2.05) is 24.8 Å². The molecule has 5 rings (SSSR count). The average Bonchev–Trinajstić information content (AvgIpc) is 3.04. The summed E-state index contributed by atoms with van der Waals surface area (Å²) >= 11 is 1.93. The molecule has 1 aliphatic carbocycles. The first-order valence-corrected chi connectivity index (χ1v) is 15.4. The van der Waals surface area contributed by atoms with Crippen molar-refractivity contribution in [1.82, 2.24) is 14.9 Å². The molecule has 1 aromatic heterocycles. The number of likely N-dealkylation sites (tertiary alicyclic amines) is 1. The molecule has 1 atom stereocenters. The van der Waals surface area contributed by atoms with Crippen LogP contribution in [0, 0.1) is 12.3 Å². The highest BCUT2D eigenvalue weighted by Crippen LogP contribution is 2.55. The molecule has 0 radical (unpaired) electrons. The van der Waals surface area contributed by atoms with Gasteiger partial charge in [-0.1, -0.05) is 0 Å². The van der Waals surface area contributed by atoms with Crippen LogP contribution in [0.1, 0.15) is 76.8 Å². The molecular formula is C30H42F3N5OS. The molecule has 2 aromatic rings. The number of hydrogen-bond donors (Lipinski definition) is 2. The minimum Gasteiger partial charge on any atom is -0.388 e. The summed E-state index contributed by atoms with van der Waals surface area (Å²) in [5.41, 5.74) is 0.328. The van der Waals surface area contributed by atoms with Crippen LogP contribution in [0.15, 0.2) is 29.3 Å². The molecule has 2 N–H and O–H groups in total. The first kappa shape index (κ1) is 29.5. The van der Waals surface area contributed by atoms with Gasteiger partial charge in [-0.2, -0.15) is 18.2 Å². The number of halogens is 3. The zero-order valence-corrected chi connectivity index (χ0v) is 24.8. The van der Waals surface area contributed by atoms with Crippen molar-refractivity contribution in [2.45, 2.75) is 101 Å². The Bertz CT molecular complexity index is 1190. The van der Waals surface area contributed by atoms with Crippen LogP contribution in [-0.4, -0.2) is 63.0 Å². The molecule has 0 amide bonds. The Morgan fingerprint density at radius 1 is 1.10 bits per heavy atom. The molecule has 220 valence electrons. The summed E-state index contributed by atoms with van der Waals surface area (Å²) in [6.45, 7) is 11.1. The van der Waals surface area contributed by atoms with Gasteiger partial charge in [0.15, 0.2) is 0 Å². The van der Waals surface area contributed by atoms with E-state index in [1.165, 1.54) is 43.7 Å². The highest BCUT2D eigenvalue weighted by Gasteiger charge is 2.46. The molecule has 1 saturated carbocycles. The Kier molecular flexibility index (Phi) is 8.34. The first-order valence-electron chi connectivity index (χ1n) is 14.5. The normalized spacial score (nSPS) is 24.3. The van der Waals surface area contributed by atoms with Gasteiger partial charge in [0.25, 0.3) is 0 Å². The number of nitrogens with zero attached hydrogens (tertiary/aromatic N) is 4. The molecule has 1 aromatic carbocycles. The van der Waals surface area contributed by atoms with Crippen molar-refractivity contribution < 1.29 is 18.3 Å². The SMILES string of the molecule is Cc1cc(SC2CC3(CCN(C(C)C)CC3)C2)ccc1Nc1ncc(C(F)(F)F)c(N2CCCCC(C)(O)C2)n1. The van der Waals surface area contributed by atoms with E-state index in [-0.39, 0.29) is 18.3 Å². The summed E-state index contributed by atoms with van der Waals surface area (Å²) in [6, 6.07) is 6.80. The minimum absolute atomic E-state index is 0.0932. The Labute approximate surface area is 240 Å². The largest absolute Gasteiger partial charge is 0.421 e. The third kappa shape index (κ3) is 6.71. The Balaban J connectivity index is 1.25. The molecule has 3 heterocycles.